The number of rotatable bonds is 6. The minimum atomic E-state index is 0.153. The maximum absolute atomic E-state index is 9.83. The zero-order valence-electron chi connectivity index (χ0n) is 13.8. The van der Waals surface area contributed by atoms with E-state index in [1.54, 1.807) is 6.07 Å². The van der Waals surface area contributed by atoms with Gasteiger partial charge in [0.25, 0.3) is 0 Å². The highest BCUT2D eigenvalue weighted by Gasteiger charge is 2.17. The van der Waals surface area contributed by atoms with E-state index in [1.165, 1.54) is 0 Å². The van der Waals surface area contributed by atoms with Crippen molar-refractivity contribution >= 4 is 0 Å². The van der Waals surface area contributed by atoms with Crippen molar-refractivity contribution in [2.24, 2.45) is 5.73 Å². The second kappa shape index (κ2) is 7.45. The van der Waals surface area contributed by atoms with Gasteiger partial charge in [-0.1, -0.05) is 12.1 Å². The van der Waals surface area contributed by atoms with Crippen molar-refractivity contribution in [3.63, 3.8) is 0 Å². The highest BCUT2D eigenvalue weighted by Crippen LogP contribution is 2.35. The van der Waals surface area contributed by atoms with Gasteiger partial charge in [0.05, 0.1) is 6.61 Å². The molecule has 0 fully saturated rings. The third-order valence-corrected chi connectivity index (χ3v) is 4.13. The van der Waals surface area contributed by atoms with Crippen LogP contribution >= 0.6 is 0 Å². The quantitative estimate of drug-likeness (QED) is 0.852. The molecule has 1 aliphatic rings. The molecule has 2 aromatic carbocycles. The lowest BCUT2D eigenvalue weighted by atomic mass is 9.91. The average Bonchev–Trinajstić information content (AvgIpc) is 2.62. The van der Waals surface area contributed by atoms with Crippen LogP contribution in [0.3, 0.4) is 0 Å². The molecule has 5 heteroatoms. The van der Waals surface area contributed by atoms with E-state index in [0.717, 1.165) is 29.0 Å². The van der Waals surface area contributed by atoms with Crippen LogP contribution in [-0.2, 0) is 6.42 Å². The molecule has 0 saturated carbocycles. The van der Waals surface area contributed by atoms with Crippen molar-refractivity contribution < 1.29 is 19.3 Å². The van der Waals surface area contributed by atoms with Crippen molar-refractivity contribution in [3.05, 3.63) is 47.5 Å². The van der Waals surface area contributed by atoms with Crippen LogP contribution in [0.4, 0.5) is 0 Å². The van der Waals surface area contributed by atoms with Crippen LogP contribution < -0.4 is 19.9 Å². The van der Waals surface area contributed by atoms with Gasteiger partial charge in [-0.3, -0.25) is 0 Å². The van der Waals surface area contributed by atoms with Crippen LogP contribution in [0.25, 0.3) is 0 Å². The summed E-state index contributed by atoms with van der Waals surface area (Å²) in [5, 5.41) is 9.83. The summed E-state index contributed by atoms with van der Waals surface area (Å²) in [4.78, 5) is 0. The molecule has 2 aromatic rings. The lowest BCUT2D eigenvalue weighted by molar-refractivity contribution is 0.171. The van der Waals surface area contributed by atoms with Gasteiger partial charge in [-0.25, -0.2) is 0 Å². The fourth-order valence-electron chi connectivity index (χ4n) is 2.89. The summed E-state index contributed by atoms with van der Waals surface area (Å²) in [5.74, 6) is 2.37. The number of aromatic hydroxyl groups is 1. The molecule has 0 amide bonds. The number of ether oxygens (including phenoxy) is 3. The average molecular weight is 329 g/mol. The molecular formula is C19H23NO4. The van der Waals surface area contributed by atoms with Gasteiger partial charge >= 0.3 is 0 Å². The summed E-state index contributed by atoms with van der Waals surface area (Å²) in [6.45, 7) is 4.08. The Labute approximate surface area is 142 Å². The number of hydrogen-bond acceptors (Lipinski definition) is 5. The van der Waals surface area contributed by atoms with Crippen LogP contribution in [0, 0.1) is 0 Å². The molecule has 0 saturated heterocycles. The first-order chi connectivity index (χ1) is 11.7. The number of fused-ring (bicyclic) bond motifs is 1. The molecule has 24 heavy (non-hydrogen) atoms. The van der Waals surface area contributed by atoms with Gasteiger partial charge in [0, 0.05) is 5.92 Å². The second-order valence-corrected chi connectivity index (χ2v) is 5.77. The second-order valence-electron chi connectivity index (χ2n) is 5.77. The van der Waals surface area contributed by atoms with Gasteiger partial charge in [-0.05, 0) is 55.3 Å². The molecule has 0 aliphatic carbocycles. The summed E-state index contributed by atoms with van der Waals surface area (Å²) in [6, 6.07) is 11.4. The molecule has 0 radical (unpaired) electrons. The third kappa shape index (κ3) is 3.57. The Kier molecular flexibility index (Phi) is 5.11. The van der Waals surface area contributed by atoms with Crippen LogP contribution in [0.2, 0.25) is 0 Å². The van der Waals surface area contributed by atoms with Crippen molar-refractivity contribution in [2.75, 3.05) is 26.4 Å². The molecule has 3 N–H and O–H groups in total. The van der Waals surface area contributed by atoms with Crippen LogP contribution in [0.5, 0.6) is 23.0 Å². The summed E-state index contributed by atoms with van der Waals surface area (Å²) >= 11 is 0. The molecule has 1 aliphatic heterocycles. The first-order valence-electron chi connectivity index (χ1n) is 8.25. The monoisotopic (exact) mass is 329 g/mol. The molecular weight excluding hydrogens is 306 g/mol. The SMILES string of the molecule is CCOc1cc(CC(CN)c2ccc3c(c2)OCCO3)ccc1O. The van der Waals surface area contributed by atoms with E-state index < -0.39 is 0 Å². The molecule has 128 valence electrons. The van der Waals surface area contributed by atoms with Gasteiger partial charge in [-0.15, -0.1) is 0 Å². The van der Waals surface area contributed by atoms with E-state index in [9.17, 15) is 5.11 Å². The predicted molar refractivity (Wildman–Crippen MR) is 92.2 cm³/mol. The Bertz CT molecular complexity index is 702. The van der Waals surface area contributed by atoms with Crippen molar-refractivity contribution in [1.82, 2.24) is 0 Å². The topological polar surface area (TPSA) is 73.9 Å². The number of benzene rings is 2. The van der Waals surface area contributed by atoms with Gasteiger partial charge in [0.15, 0.2) is 23.0 Å². The minimum Gasteiger partial charge on any atom is -0.504 e. The first-order valence-corrected chi connectivity index (χ1v) is 8.25. The largest absolute Gasteiger partial charge is 0.504 e. The summed E-state index contributed by atoms with van der Waals surface area (Å²) < 4.78 is 16.7. The van der Waals surface area contributed by atoms with E-state index in [1.807, 2.05) is 37.3 Å². The smallest absolute Gasteiger partial charge is 0.161 e. The number of phenols is 1. The maximum Gasteiger partial charge on any atom is 0.161 e. The van der Waals surface area contributed by atoms with E-state index in [2.05, 4.69) is 0 Å². The lowest BCUT2D eigenvalue weighted by Gasteiger charge is -2.22. The third-order valence-electron chi connectivity index (χ3n) is 4.13. The predicted octanol–water partition coefficient (Wildman–Crippen LogP) is 2.85. The lowest BCUT2D eigenvalue weighted by Crippen LogP contribution is -2.18. The Hall–Kier alpha value is -2.40. The fourth-order valence-corrected chi connectivity index (χ4v) is 2.89. The summed E-state index contributed by atoms with van der Waals surface area (Å²) in [6.07, 6.45) is 0.760. The molecule has 5 nitrogen and oxygen atoms in total. The van der Waals surface area contributed by atoms with Gasteiger partial charge in [0.2, 0.25) is 0 Å². The highest BCUT2D eigenvalue weighted by atomic mass is 16.6. The van der Waals surface area contributed by atoms with Crippen LogP contribution in [-0.4, -0.2) is 31.5 Å². The Balaban J connectivity index is 1.81. The van der Waals surface area contributed by atoms with Crippen molar-refractivity contribution in [1.29, 1.82) is 0 Å². The van der Waals surface area contributed by atoms with E-state index in [4.69, 9.17) is 19.9 Å². The Morgan fingerprint density at radius 3 is 2.67 bits per heavy atom. The number of hydrogen-bond donors (Lipinski definition) is 2. The van der Waals surface area contributed by atoms with Crippen molar-refractivity contribution in [3.8, 4) is 23.0 Å². The molecule has 1 unspecified atom stereocenters. The molecule has 0 aromatic heterocycles. The van der Waals surface area contributed by atoms with Gasteiger partial charge in [0.1, 0.15) is 13.2 Å². The first kappa shape index (κ1) is 16.5. The van der Waals surface area contributed by atoms with E-state index in [0.29, 0.717) is 32.1 Å². The maximum atomic E-state index is 9.83. The van der Waals surface area contributed by atoms with Gasteiger partial charge in [-0.2, -0.15) is 0 Å². The van der Waals surface area contributed by atoms with E-state index in [-0.39, 0.29) is 11.7 Å². The summed E-state index contributed by atoms with van der Waals surface area (Å²) in [5.41, 5.74) is 8.19. The zero-order valence-corrected chi connectivity index (χ0v) is 13.8. The molecule has 0 spiro atoms. The van der Waals surface area contributed by atoms with Gasteiger partial charge < -0.3 is 25.1 Å². The summed E-state index contributed by atoms with van der Waals surface area (Å²) in [7, 11) is 0. The molecule has 1 atom stereocenters. The normalized spacial score (nSPS) is 14.2. The highest BCUT2D eigenvalue weighted by molar-refractivity contribution is 5.46. The minimum absolute atomic E-state index is 0.153. The van der Waals surface area contributed by atoms with E-state index >= 15 is 0 Å². The molecule has 1 heterocycles. The van der Waals surface area contributed by atoms with Crippen LogP contribution in [0.15, 0.2) is 36.4 Å². The fraction of sp³-hybridized carbons (Fsp3) is 0.368. The zero-order chi connectivity index (χ0) is 16.9. The number of nitrogens with two attached hydrogens (primary N) is 1. The van der Waals surface area contributed by atoms with Crippen molar-refractivity contribution in [2.45, 2.75) is 19.3 Å². The Morgan fingerprint density at radius 2 is 1.92 bits per heavy atom. The standard InChI is InChI=1S/C19H23NO4/c1-2-22-18-10-13(3-5-16(18)21)9-15(12-20)14-4-6-17-19(11-14)24-8-7-23-17/h3-6,10-11,15,21H,2,7-9,12,20H2,1H3. The molecule has 0 bridgehead atoms. The Morgan fingerprint density at radius 1 is 1.12 bits per heavy atom. The van der Waals surface area contributed by atoms with Crippen LogP contribution in [0.1, 0.15) is 24.0 Å². The number of phenolic OH excluding ortho intramolecular Hbond substituents is 1. The molecule has 3 rings (SSSR count).